The average molecular weight is 306 g/mol. The molecule has 2 rings (SSSR count). The zero-order chi connectivity index (χ0) is 13.1. The molecule has 0 N–H and O–H groups in total. The third kappa shape index (κ3) is 2.91. The van der Waals surface area contributed by atoms with Crippen LogP contribution in [0.3, 0.4) is 0 Å². The van der Waals surface area contributed by atoms with Crippen LogP contribution in [0.25, 0.3) is 0 Å². The van der Waals surface area contributed by atoms with Gasteiger partial charge in [-0.25, -0.2) is 4.98 Å². The van der Waals surface area contributed by atoms with E-state index in [9.17, 15) is 0 Å². The molecule has 0 atom stereocenters. The molecule has 0 fully saturated rings. The maximum Gasteiger partial charge on any atom is 0.233 e. The lowest BCUT2D eigenvalue weighted by Crippen LogP contribution is -1.94. The van der Waals surface area contributed by atoms with E-state index in [-0.39, 0.29) is 0 Å². The van der Waals surface area contributed by atoms with Crippen LogP contribution in [-0.2, 0) is 0 Å². The fraction of sp³-hybridized carbons (Fsp3) is 0.267. The van der Waals surface area contributed by atoms with Gasteiger partial charge in [0.1, 0.15) is 5.75 Å². The molecule has 0 aliphatic rings. The van der Waals surface area contributed by atoms with Crippen molar-refractivity contribution in [3.05, 3.63) is 52.1 Å². The van der Waals surface area contributed by atoms with Gasteiger partial charge in [0, 0.05) is 6.20 Å². The molecule has 0 bridgehead atoms. The molecular formula is C15H16BrNO. The minimum Gasteiger partial charge on any atom is -0.438 e. The number of aryl methyl sites for hydroxylation is 1. The fourth-order valence-electron chi connectivity index (χ4n) is 1.92. The van der Waals surface area contributed by atoms with E-state index in [0.29, 0.717) is 11.8 Å². The van der Waals surface area contributed by atoms with Crippen LogP contribution in [0.5, 0.6) is 11.6 Å². The van der Waals surface area contributed by atoms with Crippen molar-refractivity contribution in [2.45, 2.75) is 26.7 Å². The summed E-state index contributed by atoms with van der Waals surface area (Å²) in [5.41, 5.74) is 2.59. The highest BCUT2D eigenvalue weighted by molar-refractivity contribution is 9.10. The molecule has 0 radical (unpaired) electrons. The Morgan fingerprint density at radius 3 is 2.61 bits per heavy atom. The molecule has 2 nitrogen and oxygen atoms in total. The van der Waals surface area contributed by atoms with Crippen LogP contribution in [0.4, 0.5) is 0 Å². The molecule has 0 saturated carbocycles. The molecule has 1 heterocycles. The van der Waals surface area contributed by atoms with Crippen LogP contribution in [-0.4, -0.2) is 4.98 Å². The first-order chi connectivity index (χ1) is 8.58. The van der Waals surface area contributed by atoms with Gasteiger partial charge in [0.15, 0.2) is 0 Å². The second-order valence-corrected chi connectivity index (χ2v) is 5.42. The number of hydrogen-bond acceptors (Lipinski definition) is 2. The molecule has 0 aliphatic heterocycles. The van der Waals surface area contributed by atoms with Crippen molar-refractivity contribution in [3.8, 4) is 11.6 Å². The molecule has 1 aromatic carbocycles. The maximum absolute atomic E-state index is 5.77. The largest absolute Gasteiger partial charge is 0.438 e. The predicted molar refractivity (Wildman–Crippen MR) is 77.3 cm³/mol. The highest BCUT2D eigenvalue weighted by Crippen LogP contribution is 2.29. The summed E-state index contributed by atoms with van der Waals surface area (Å²) in [7, 11) is 0. The van der Waals surface area contributed by atoms with Crippen molar-refractivity contribution in [3.63, 3.8) is 0 Å². The molecule has 2 aromatic rings. The molecule has 0 amide bonds. The van der Waals surface area contributed by atoms with Gasteiger partial charge in [0.2, 0.25) is 5.88 Å². The third-order valence-electron chi connectivity index (χ3n) is 2.80. The van der Waals surface area contributed by atoms with E-state index in [1.165, 1.54) is 11.1 Å². The Kier molecular flexibility index (Phi) is 4.02. The van der Waals surface area contributed by atoms with E-state index >= 15 is 0 Å². The van der Waals surface area contributed by atoms with Crippen molar-refractivity contribution in [1.29, 1.82) is 0 Å². The molecule has 94 valence electrons. The van der Waals surface area contributed by atoms with E-state index in [1.807, 2.05) is 18.2 Å². The lowest BCUT2D eigenvalue weighted by atomic mass is 9.98. The molecular weight excluding hydrogens is 290 g/mol. The Morgan fingerprint density at radius 1 is 1.22 bits per heavy atom. The lowest BCUT2D eigenvalue weighted by molar-refractivity contribution is 0.459. The molecule has 18 heavy (non-hydrogen) atoms. The number of halogens is 1. The summed E-state index contributed by atoms with van der Waals surface area (Å²) in [6.07, 6.45) is 1.72. The van der Waals surface area contributed by atoms with Crippen LogP contribution in [0, 0.1) is 6.92 Å². The van der Waals surface area contributed by atoms with E-state index in [2.05, 4.69) is 53.8 Å². The summed E-state index contributed by atoms with van der Waals surface area (Å²) in [4.78, 5) is 4.19. The highest BCUT2D eigenvalue weighted by Gasteiger charge is 2.07. The number of aromatic nitrogens is 1. The number of pyridine rings is 1. The van der Waals surface area contributed by atoms with Crippen LogP contribution < -0.4 is 4.74 Å². The Bertz CT molecular complexity index is 552. The van der Waals surface area contributed by atoms with E-state index in [0.717, 1.165) is 10.2 Å². The molecule has 1 aromatic heterocycles. The Hall–Kier alpha value is -1.35. The summed E-state index contributed by atoms with van der Waals surface area (Å²) < 4.78 is 6.62. The third-order valence-corrected chi connectivity index (χ3v) is 3.41. The van der Waals surface area contributed by atoms with Crippen LogP contribution in [0.1, 0.15) is 30.9 Å². The first-order valence-electron chi connectivity index (χ1n) is 5.97. The number of hydrogen-bond donors (Lipinski definition) is 0. The highest BCUT2D eigenvalue weighted by atomic mass is 79.9. The average Bonchev–Trinajstić information content (AvgIpc) is 2.32. The maximum atomic E-state index is 5.77. The first-order valence-corrected chi connectivity index (χ1v) is 6.76. The van der Waals surface area contributed by atoms with Crippen LogP contribution in [0.15, 0.2) is 41.0 Å². The van der Waals surface area contributed by atoms with E-state index < -0.39 is 0 Å². The molecule has 0 unspecified atom stereocenters. The lowest BCUT2D eigenvalue weighted by Gasteiger charge is -2.12. The number of rotatable bonds is 3. The van der Waals surface area contributed by atoms with Gasteiger partial charge in [0.25, 0.3) is 0 Å². The minimum absolute atomic E-state index is 0.528. The van der Waals surface area contributed by atoms with Gasteiger partial charge in [-0.3, -0.25) is 0 Å². The summed E-state index contributed by atoms with van der Waals surface area (Å²) >= 11 is 3.42. The summed E-state index contributed by atoms with van der Waals surface area (Å²) in [5.74, 6) is 1.94. The molecule has 0 aliphatic carbocycles. The van der Waals surface area contributed by atoms with Crippen molar-refractivity contribution in [2.75, 3.05) is 0 Å². The second-order valence-electron chi connectivity index (χ2n) is 4.57. The normalized spacial score (nSPS) is 10.7. The van der Waals surface area contributed by atoms with Gasteiger partial charge in [-0.2, -0.15) is 0 Å². The van der Waals surface area contributed by atoms with Crippen molar-refractivity contribution < 1.29 is 4.74 Å². The van der Waals surface area contributed by atoms with Crippen molar-refractivity contribution >= 4 is 15.9 Å². The topological polar surface area (TPSA) is 22.1 Å². The van der Waals surface area contributed by atoms with Crippen LogP contribution in [0.2, 0.25) is 0 Å². The standard InChI is InChI=1S/C15H16BrNO/c1-10(2)13-7-6-12(9-11(13)3)18-15-14(16)5-4-8-17-15/h4-10H,1-3H3. The quantitative estimate of drug-likeness (QED) is 0.790. The summed E-state index contributed by atoms with van der Waals surface area (Å²) in [6.45, 7) is 6.49. The Morgan fingerprint density at radius 2 is 2.00 bits per heavy atom. The Balaban J connectivity index is 2.26. The molecule has 0 saturated heterocycles. The summed E-state index contributed by atoms with van der Waals surface area (Å²) in [5, 5.41) is 0. The molecule has 0 spiro atoms. The predicted octanol–water partition coefficient (Wildman–Crippen LogP) is 5.07. The molecule has 3 heteroatoms. The number of benzene rings is 1. The zero-order valence-corrected chi connectivity index (χ0v) is 12.4. The van der Waals surface area contributed by atoms with Gasteiger partial charge in [-0.1, -0.05) is 19.9 Å². The van der Waals surface area contributed by atoms with Crippen LogP contribution >= 0.6 is 15.9 Å². The van der Waals surface area contributed by atoms with Gasteiger partial charge >= 0.3 is 0 Å². The minimum atomic E-state index is 0.528. The van der Waals surface area contributed by atoms with Gasteiger partial charge in [0.05, 0.1) is 4.47 Å². The van der Waals surface area contributed by atoms with E-state index in [1.54, 1.807) is 6.20 Å². The number of nitrogens with zero attached hydrogens (tertiary/aromatic N) is 1. The van der Waals surface area contributed by atoms with Gasteiger partial charge < -0.3 is 4.74 Å². The van der Waals surface area contributed by atoms with E-state index in [4.69, 9.17) is 4.74 Å². The van der Waals surface area contributed by atoms with Crippen molar-refractivity contribution in [1.82, 2.24) is 4.98 Å². The van der Waals surface area contributed by atoms with Gasteiger partial charge in [-0.15, -0.1) is 0 Å². The monoisotopic (exact) mass is 305 g/mol. The fourth-order valence-corrected chi connectivity index (χ4v) is 2.25. The SMILES string of the molecule is Cc1cc(Oc2ncccc2Br)ccc1C(C)C. The zero-order valence-electron chi connectivity index (χ0n) is 10.8. The van der Waals surface area contributed by atoms with Crippen molar-refractivity contribution in [2.24, 2.45) is 0 Å². The second kappa shape index (κ2) is 5.53. The smallest absolute Gasteiger partial charge is 0.233 e. The number of ether oxygens (including phenoxy) is 1. The summed E-state index contributed by atoms with van der Waals surface area (Å²) in [6, 6.07) is 9.94. The first kappa shape index (κ1) is 13.1. The Labute approximate surface area is 116 Å². The van der Waals surface area contributed by atoms with Gasteiger partial charge in [-0.05, 0) is 64.2 Å².